The number of methoxy groups -OCH3 is 1. The Morgan fingerprint density at radius 1 is 1.53 bits per heavy atom. The summed E-state index contributed by atoms with van der Waals surface area (Å²) in [5.41, 5.74) is -0.159. The lowest BCUT2D eigenvalue weighted by Crippen LogP contribution is -2.51. The molecule has 0 amide bonds. The molecule has 0 bridgehead atoms. The number of nitrogens with zero attached hydrogens (tertiary/aromatic N) is 5. The second-order valence-corrected chi connectivity index (χ2v) is 4.45. The van der Waals surface area contributed by atoms with Crippen molar-refractivity contribution in [1.82, 2.24) is 25.0 Å². The van der Waals surface area contributed by atoms with Crippen molar-refractivity contribution in [2.45, 2.75) is 12.0 Å². The minimum atomic E-state index is -0.823. The largest absolute Gasteiger partial charge is 0.481 e. The van der Waals surface area contributed by atoms with E-state index in [0.29, 0.717) is 37.2 Å². The molecule has 0 spiro atoms. The highest BCUT2D eigenvalue weighted by Gasteiger charge is 2.37. The second kappa shape index (κ2) is 4.56. The number of hydrogen-bond donors (Lipinski definition) is 1. The maximum atomic E-state index is 9.97. The summed E-state index contributed by atoms with van der Waals surface area (Å²) in [6.07, 6.45) is 3.66. The highest BCUT2D eigenvalue weighted by Crippen LogP contribution is 2.21. The summed E-state index contributed by atoms with van der Waals surface area (Å²) in [6.45, 7) is 0.658. The van der Waals surface area contributed by atoms with Crippen LogP contribution in [0, 0.1) is 0 Å². The van der Waals surface area contributed by atoms with Gasteiger partial charge in [-0.1, -0.05) is 5.21 Å². The average Bonchev–Trinajstić information content (AvgIpc) is 2.85. The molecule has 8 nitrogen and oxygen atoms in total. The smallest absolute Gasteiger partial charge is 0.255 e. The first kappa shape index (κ1) is 12.0. The van der Waals surface area contributed by atoms with Gasteiger partial charge in [0.1, 0.15) is 5.60 Å². The van der Waals surface area contributed by atoms with Gasteiger partial charge in [0, 0.05) is 18.7 Å². The third-order valence-electron chi connectivity index (χ3n) is 2.82. The molecule has 0 atom stereocenters. The first-order chi connectivity index (χ1) is 9.18. The standard InChI is InChI=1S/C11H13N5O3/c1-18-9-2-3-12-10(13-9)16-5-8(14-15-16)4-11(17)6-19-7-11/h2-3,5,17H,4,6-7H2,1H3. The van der Waals surface area contributed by atoms with E-state index in [1.165, 1.54) is 11.8 Å². The van der Waals surface area contributed by atoms with Crippen LogP contribution >= 0.6 is 0 Å². The van der Waals surface area contributed by atoms with Crippen molar-refractivity contribution in [3.05, 3.63) is 24.2 Å². The Labute approximate surface area is 109 Å². The summed E-state index contributed by atoms with van der Waals surface area (Å²) in [5.74, 6) is 0.822. The van der Waals surface area contributed by atoms with Crippen molar-refractivity contribution in [2.24, 2.45) is 0 Å². The molecular formula is C11H13N5O3. The fraction of sp³-hybridized carbons (Fsp3) is 0.455. The number of hydrogen-bond acceptors (Lipinski definition) is 7. The molecule has 1 saturated heterocycles. The normalized spacial score (nSPS) is 16.9. The van der Waals surface area contributed by atoms with Gasteiger partial charge in [-0.2, -0.15) is 9.67 Å². The molecule has 0 aliphatic carbocycles. The van der Waals surface area contributed by atoms with Crippen molar-refractivity contribution in [1.29, 1.82) is 0 Å². The van der Waals surface area contributed by atoms with E-state index < -0.39 is 5.60 Å². The van der Waals surface area contributed by atoms with E-state index in [-0.39, 0.29) is 0 Å². The second-order valence-electron chi connectivity index (χ2n) is 4.45. The molecule has 100 valence electrons. The van der Waals surface area contributed by atoms with Crippen LogP contribution < -0.4 is 4.74 Å². The van der Waals surface area contributed by atoms with Gasteiger partial charge in [0.15, 0.2) is 0 Å². The Balaban J connectivity index is 1.80. The topological polar surface area (TPSA) is 95.2 Å². The van der Waals surface area contributed by atoms with Crippen LogP contribution in [0.5, 0.6) is 5.88 Å². The van der Waals surface area contributed by atoms with Gasteiger partial charge in [-0.15, -0.1) is 5.10 Å². The van der Waals surface area contributed by atoms with Crippen LogP contribution in [0.1, 0.15) is 5.69 Å². The van der Waals surface area contributed by atoms with Gasteiger partial charge in [0.2, 0.25) is 5.88 Å². The van der Waals surface area contributed by atoms with Gasteiger partial charge in [-0.25, -0.2) is 4.98 Å². The lowest BCUT2D eigenvalue weighted by atomic mass is 9.96. The summed E-state index contributed by atoms with van der Waals surface area (Å²) < 4.78 is 11.5. The number of aromatic nitrogens is 5. The van der Waals surface area contributed by atoms with Gasteiger partial charge >= 0.3 is 0 Å². The Morgan fingerprint density at radius 2 is 2.37 bits per heavy atom. The SMILES string of the molecule is COc1ccnc(-n2cc(CC3(O)COC3)nn2)n1. The zero-order valence-corrected chi connectivity index (χ0v) is 10.4. The number of ether oxygens (including phenoxy) is 2. The van der Waals surface area contributed by atoms with E-state index in [1.54, 1.807) is 18.5 Å². The van der Waals surface area contributed by atoms with E-state index in [0.717, 1.165) is 0 Å². The Kier molecular flexibility index (Phi) is 2.88. The van der Waals surface area contributed by atoms with E-state index in [1.807, 2.05) is 0 Å². The summed E-state index contributed by atoms with van der Waals surface area (Å²) in [5, 5.41) is 17.9. The van der Waals surface area contributed by atoms with Crippen LogP contribution in [0.4, 0.5) is 0 Å². The van der Waals surface area contributed by atoms with Gasteiger partial charge in [0.25, 0.3) is 5.95 Å². The van der Waals surface area contributed by atoms with Crippen LogP contribution in [0.25, 0.3) is 5.95 Å². The summed E-state index contributed by atoms with van der Waals surface area (Å²) in [7, 11) is 1.53. The highest BCUT2D eigenvalue weighted by atomic mass is 16.5. The molecule has 0 radical (unpaired) electrons. The lowest BCUT2D eigenvalue weighted by molar-refractivity contribution is -0.177. The van der Waals surface area contributed by atoms with Crippen LogP contribution in [-0.4, -0.2) is 56.0 Å². The molecule has 2 aromatic rings. The van der Waals surface area contributed by atoms with Gasteiger partial charge in [-0.05, 0) is 0 Å². The minimum Gasteiger partial charge on any atom is -0.481 e. The van der Waals surface area contributed by atoms with E-state index in [2.05, 4.69) is 20.3 Å². The molecule has 3 rings (SSSR count). The van der Waals surface area contributed by atoms with E-state index >= 15 is 0 Å². The zero-order chi connectivity index (χ0) is 13.3. The quantitative estimate of drug-likeness (QED) is 0.784. The van der Waals surface area contributed by atoms with Crippen LogP contribution in [-0.2, 0) is 11.2 Å². The Bertz CT molecular complexity index is 581. The molecule has 0 saturated carbocycles. The third-order valence-corrected chi connectivity index (χ3v) is 2.82. The van der Waals surface area contributed by atoms with E-state index in [4.69, 9.17) is 9.47 Å². The van der Waals surface area contributed by atoms with Crippen LogP contribution in [0.15, 0.2) is 18.5 Å². The first-order valence-corrected chi connectivity index (χ1v) is 5.77. The zero-order valence-electron chi connectivity index (χ0n) is 10.4. The molecule has 1 fully saturated rings. The number of aliphatic hydroxyl groups is 1. The summed E-state index contributed by atoms with van der Waals surface area (Å²) in [6, 6.07) is 1.65. The fourth-order valence-corrected chi connectivity index (χ4v) is 1.81. The minimum absolute atomic E-state index is 0.329. The molecular weight excluding hydrogens is 250 g/mol. The molecule has 1 aliphatic heterocycles. The first-order valence-electron chi connectivity index (χ1n) is 5.77. The molecule has 1 aliphatic rings. The molecule has 8 heteroatoms. The third kappa shape index (κ3) is 2.40. The van der Waals surface area contributed by atoms with Crippen molar-refractivity contribution in [2.75, 3.05) is 20.3 Å². The monoisotopic (exact) mass is 263 g/mol. The van der Waals surface area contributed by atoms with Crippen molar-refractivity contribution in [3.63, 3.8) is 0 Å². The van der Waals surface area contributed by atoms with Crippen LogP contribution in [0.2, 0.25) is 0 Å². The van der Waals surface area contributed by atoms with Crippen molar-refractivity contribution < 1.29 is 14.6 Å². The average molecular weight is 263 g/mol. The summed E-state index contributed by atoms with van der Waals surface area (Å²) >= 11 is 0. The molecule has 0 unspecified atom stereocenters. The molecule has 2 aromatic heterocycles. The highest BCUT2D eigenvalue weighted by molar-refractivity contribution is 5.17. The number of rotatable bonds is 4. The van der Waals surface area contributed by atoms with Gasteiger partial charge in [-0.3, -0.25) is 0 Å². The molecule has 1 N–H and O–H groups in total. The van der Waals surface area contributed by atoms with Crippen molar-refractivity contribution in [3.8, 4) is 11.8 Å². The predicted octanol–water partition coefficient (Wildman–Crippen LogP) is -0.630. The summed E-state index contributed by atoms with van der Waals surface area (Å²) in [4.78, 5) is 8.23. The molecule has 19 heavy (non-hydrogen) atoms. The Morgan fingerprint density at radius 3 is 3.05 bits per heavy atom. The van der Waals surface area contributed by atoms with Gasteiger partial charge in [0.05, 0.1) is 32.2 Å². The van der Waals surface area contributed by atoms with Gasteiger partial charge < -0.3 is 14.6 Å². The predicted molar refractivity (Wildman–Crippen MR) is 63.0 cm³/mol. The molecule has 0 aromatic carbocycles. The molecule has 3 heterocycles. The fourth-order valence-electron chi connectivity index (χ4n) is 1.81. The van der Waals surface area contributed by atoms with E-state index in [9.17, 15) is 5.11 Å². The Hall–Kier alpha value is -2.06. The van der Waals surface area contributed by atoms with Crippen molar-refractivity contribution >= 4 is 0 Å². The maximum Gasteiger partial charge on any atom is 0.255 e. The lowest BCUT2D eigenvalue weighted by Gasteiger charge is -2.35. The van der Waals surface area contributed by atoms with Crippen LogP contribution in [0.3, 0.4) is 0 Å². The maximum absolute atomic E-state index is 9.97.